The van der Waals surface area contributed by atoms with Crippen molar-refractivity contribution >= 4 is 31.6 Å². The zero-order valence-corrected chi connectivity index (χ0v) is 8.95. The van der Waals surface area contributed by atoms with E-state index >= 15 is 0 Å². The van der Waals surface area contributed by atoms with Gasteiger partial charge in [-0.05, 0) is 15.9 Å². The van der Waals surface area contributed by atoms with E-state index in [1.807, 2.05) is 0 Å². The van der Waals surface area contributed by atoms with Crippen LogP contribution in [0.2, 0.25) is 0 Å². The van der Waals surface area contributed by atoms with E-state index in [2.05, 4.69) is 20.9 Å². The summed E-state index contributed by atoms with van der Waals surface area (Å²) in [6.45, 7) is 0. The number of primary sulfonamides is 1. The highest BCUT2D eigenvalue weighted by atomic mass is 79.9. The maximum absolute atomic E-state index is 10.9. The molecule has 0 bridgehead atoms. The Morgan fingerprint density at radius 2 is 2.14 bits per heavy atom. The molecule has 0 aliphatic carbocycles. The Hall–Kier alpha value is -1.06. The summed E-state index contributed by atoms with van der Waals surface area (Å²) in [5.74, 6) is 0. The Bertz CT molecular complexity index is 486. The van der Waals surface area contributed by atoms with Crippen molar-refractivity contribution in [1.29, 1.82) is 0 Å². The number of nitrogens with zero attached hydrogens (tertiary/aromatic N) is 2. The fourth-order valence-electron chi connectivity index (χ4n) is 0.770. The molecule has 0 atom stereocenters. The highest BCUT2D eigenvalue weighted by molar-refractivity contribution is 9.10. The number of sulfonamides is 1. The van der Waals surface area contributed by atoms with E-state index < -0.39 is 25.5 Å². The lowest BCUT2D eigenvalue weighted by atomic mass is 10.4. The molecule has 2 N–H and O–H groups in total. The number of pyridine rings is 1. The minimum absolute atomic E-state index is 0.164. The third-order valence-electron chi connectivity index (χ3n) is 1.32. The van der Waals surface area contributed by atoms with Gasteiger partial charge in [-0.15, -0.1) is 0 Å². The Morgan fingerprint density at radius 1 is 1.57 bits per heavy atom. The maximum Gasteiger partial charge on any atom is 0.293 e. The number of nitrogens with two attached hydrogens (primary N) is 1. The average molecular weight is 282 g/mol. The molecule has 0 saturated heterocycles. The van der Waals surface area contributed by atoms with Crippen LogP contribution >= 0.6 is 15.9 Å². The molecule has 0 amide bonds. The van der Waals surface area contributed by atoms with Crippen LogP contribution in [0.15, 0.2) is 21.8 Å². The molecule has 7 nitrogen and oxygen atoms in total. The zero-order valence-electron chi connectivity index (χ0n) is 6.55. The maximum atomic E-state index is 10.9. The molecule has 0 aromatic carbocycles. The Balaban J connectivity index is 3.53. The SMILES string of the molecule is NS(=O)(=O)c1cnc(Br)cc1[N+](=O)[O-]. The lowest BCUT2D eigenvalue weighted by Crippen LogP contribution is -2.14. The molecule has 1 aromatic heterocycles. The van der Waals surface area contributed by atoms with E-state index in [1.54, 1.807) is 0 Å². The van der Waals surface area contributed by atoms with E-state index in [1.165, 1.54) is 0 Å². The van der Waals surface area contributed by atoms with Crippen LogP contribution in [0, 0.1) is 10.1 Å². The third kappa shape index (κ3) is 2.25. The number of rotatable bonds is 2. The van der Waals surface area contributed by atoms with Crippen LogP contribution in [0.4, 0.5) is 5.69 Å². The van der Waals surface area contributed by atoms with Gasteiger partial charge in [0.05, 0.1) is 17.2 Å². The molecule has 0 spiro atoms. The van der Waals surface area contributed by atoms with E-state index in [9.17, 15) is 18.5 Å². The summed E-state index contributed by atoms with van der Waals surface area (Å²) in [5, 5.41) is 15.2. The normalized spacial score (nSPS) is 11.3. The molecule has 0 aliphatic rings. The molecular weight excluding hydrogens is 278 g/mol. The molecule has 9 heteroatoms. The van der Waals surface area contributed by atoms with Gasteiger partial charge in [0.15, 0.2) is 4.90 Å². The summed E-state index contributed by atoms with van der Waals surface area (Å²) < 4.78 is 21.9. The lowest BCUT2D eigenvalue weighted by Gasteiger charge is -1.99. The van der Waals surface area contributed by atoms with Gasteiger partial charge in [0, 0.05) is 0 Å². The van der Waals surface area contributed by atoms with Crippen molar-refractivity contribution in [2.45, 2.75) is 4.90 Å². The minimum Gasteiger partial charge on any atom is -0.258 e. The van der Waals surface area contributed by atoms with Gasteiger partial charge >= 0.3 is 0 Å². The Labute approximate surface area is 87.3 Å². The van der Waals surface area contributed by atoms with Gasteiger partial charge in [0.25, 0.3) is 5.69 Å². The first kappa shape index (κ1) is 11.0. The summed E-state index contributed by atoms with van der Waals surface area (Å²) in [7, 11) is -4.12. The second kappa shape index (κ2) is 3.59. The number of hydrogen-bond acceptors (Lipinski definition) is 5. The molecule has 0 fully saturated rings. The van der Waals surface area contributed by atoms with Crippen LogP contribution in [0.5, 0.6) is 0 Å². The van der Waals surface area contributed by atoms with E-state index in [4.69, 9.17) is 5.14 Å². The zero-order chi connectivity index (χ0) is 10.9. The lowest BCUT2D eigenvalue weighted by molar-refractivity contribution is -0.388. The van der Waals surface area contributed by atoms with Crippen LogP contribution in [0.25, 0.3) is 0 Å². The van der Waals surface area contributed by atoms with Crippen LogP contribution in [0.1, 0.15) is 0 Å². The van der Waals surface area contributed by atoms with Crippen molar-refractivity contribution in [3.63, 3.8) is 0 Å². The molecule has 0 aliphatic heterocycles. The largest absolute Gasteiger partial charge is 0.293 e. The summed E-state index contributed by atoms with van der Waals surface area (Å²) in [4.78, 5) is 12.6. The van der Waals surface area contributed by atoms with Gasteiger partial charge in [0.1, 0.15) is 4.60 Å². The van der Waals surface area contributed by atoms with Gasteiger partial charge in [-0.2, -0.15) is 0 Å². The summed E-state index contributed by atoms with van der Waals surface area (Å²) in [6.07, 6.45) is 0.831. The quantitative estimate of drug-likeness (QED) is 0.478. The summed E-state index contributed by atoms with van der Waals surface area (Å²) in [5.41, 5.74) is -0.602. The van der Waals surface area contributed by atoms with Gasteiger partial charge in [-0.1, -0.05) is 0 Å². The Morgan fingerprint density at radius 3 is 2.57 bits per heavy atom. The van der Waals surface area contributed by atoms with Crippen molar-refractivity contribution in [1.82, 2.24) is 4.98 Å². The molecule has 1 rings (SSSR count). The Kier molecular flexibility index (Phi) is 2.83. The standard InChI is InChI=1S/C5H4BrN3O4S/c6-5-1-3(9(10)11)4(2-8-5)14(7,12)13/h1-2H,(H2,7,12,13). The van der Waals surface area contributed by atoms with Gasteiger partial charge < -0.3 is 0 Å². The first-order chi connectivity index (χ1) is 6.32. The van der Waals surface area contributed by atoms with Crippen LogP contribution in [-0.2, 0) is 10.0 Å². The van der Waals surface area contributed by atoms with Crippen molar-refractivity contribution in [3.05, 3.63) is 27.0 Å². The summed E-state index contributed by atoms with van der Waals surface area (Å²) >= 11 is 2.88. The van der Waals surface area contributed by atoms with Crippen molar-refractivity contribution in [3.8, 4) is 0 Å². The number of nitro groups is 1. The second-order valence-corrected chi connectivity index (χ2v) is 4.62. The van der Waals surface area contributed by atoms with Gasteiger partial charge in [-0.25, -0.2) is 18.5 Å². The predicted octanol–water partition coefficient (Wildman–Crippen LogP) is 0.400. The highest BCUT2D eigenvalue weighted by Crippen LogP contribution is 2.24. The van der Waals surface area contributed by atoms with Gasteiger partial charge in [0.2, 0.25) is 10.0 Å². The fourth-order valence-corrected chi connectivity index (χ4v) is 1.71. The van der Waals surface area contributed by atoms with Crippen LogP contribution in [-0.4, -0.2) is 18.3 Å². The molecule has 0 unspecified atom stereocenters. The predicted molar refractivity (Wildman–Crippen MR) is 50.0 cm³/mol. The topological polar surface area (TPSA) is 116 Å². The molecule has 76 valence electrons. The van der Waals surface area contributed by atoms with Crippen molar-refractivity contribution < 1.29 is 13.3 Å². The summed E-state index contributed by atoms with van der Waals surface area (Å²) in [6, 6.07) is 0.972. The van der Waals surface area contributed by atoms with Crippen molar-refractivity contribution in [2.24, 2.45) is 5.14 Å². The van der Waals surface area contributed by atoms with E-state index in [-0.39, 0.29) is 4.60 Å². The third-order valence-corrected chi connectivity index (χ3v) is 2.68. The van der Waals surface area contributed by atoms with Gasteiger partial charge in [-0.3, -0.25) is 10.1 Å². The first-order valence-electron chi connectivity index (χ1n) is 3.15. The smallest absolute Gasteiger partial charge is 0.258 e. The molecule has 1 aromatic rings. The monoisotopic (exact) mass is 281 g/mol. The number of aromatic nitrogens is 1. The first-order valence-corrected chi connectivity index (χ1v) is 5.49. The minimum atomic E-state index is -4.12. The van der Waals surface area contributed by atoms with Crippen molar-refractivity contribution in [2.75, 3.05) is 0 Å². The van der Waals surface area contributed by atoms with E-state index in [0.29, 0.717) is 0 Å². The van der Waals surface area contributed by atoms with E-state index in [0.717, 1.165) is 12.3 Å². The highest BCUT2D eigenvalue weighted by Gasteiger charge is 2.23. The number of halogens is 1. The molecular formula is C5H4BrN3O4S. The molecule has 0 saturated carbocycles. The molecule has 1 heterocycles. The molecule has 14 heavy (non-hydrogen) atoms. The fraction of sp³-hybridized carbons (Fsp3) is 0. The van der Waals surface area contributed by atoms with Crippen LogP contribution in [0.3, 0.4) is 0 Å². The average Bonchev–Trinajstić information content (AvgIpc) is 2.01. The number of hydrogen-bond donors (Lipinski definition) is 1. The molecule has 0 radical (unpaired) electrons. The second-order valence-electron chi connectivity index (χ2n) is 2.28. The van der Waals surface area contributed by atoms with Crippen LogP contribution < -0.4 is 5.14 Å².